The average Bonchev–Trinajstić information content (AvgIpc) is 3.36. The molecule has 32 heavy (non-hydrogen) atoms. The number of hydrogen-bond donors (Lipinski definition) is 1. The Kier molecular flexibility index (Phi) is 5.07. The van der Waals surface area contributed by atoms with Gasteiger partial charge in [0.2, 0.25) is 6.79 Å². The molecule has 0 aliphatic carbocycles. The Morgan fingerprint density at radius 2 is 1.72 bits per heavy atom. The topological polar surface area (TPSA) is 67.9 Å². The van der Waals surface area contributed by atoms with Crippen molar-refractivity contribution in [3.63, 3.8) is 0 Å². The normalized spacial score (nSPS) is 15.0. The van der Waals surface area contributed by atoms with Crippen LogP contribution in [0, 0.1) is 6.92 Å². The molecule has 0 unspecified atom stereocenters. The maximum absolute atomic E-state index is 13.4. The van der Waals surface area contributed by atoms with E-state index in [4.69, 9.17) is 21.1 Å². The van der Waals surface area contributed by atoms with Gasteiger partial charge in [-0.3, -0.25) is 14.5 Å². The van der Waals surface area contributed by atoms with E-state index in [0.717, 1.165) is 11.1 Å². The van der Waals surface area contributed by atoms with Gasteiger partial charge in [0, 0.05) is 10.7 Å². The highest BCUT2D eigenvalue weighted by Gasteiger charge is 2.39. The van der Waals surface area contributed by atoms with Gasteiger partial charge in [-0.15, -0.1) is 0 Å². The first-order valence-corrected chi connectivity index (χ1v) is 10.5. The van der Waals surface area contributed by atoms with Gasteiger partial charge in [-0.25, -0.2) is 0 Å². The number of ether oxygens (including phenoxy) is 2. The van der Waals surface area contributed by atoms with E-state index in [0.29, 0.717) is 33.3 Å². The Labute approximate surface area is 190 Å². The molecule has 0 fully saturated rings. The number of anilines is 1. The molecule has 0 bridgehead atoms. The highest BCUT2D eigenvalue weighted by molar-refractivity contribution is 6.36. The smallest absolute Gasteiger partial charge is 0.278 e. The number of amides is 2. The number of benzene rings is 3. The lowest BCUT2D eigenvalue weighted by Crippen LogP contribution is -2.32. The molecule has 3 aromatic carbocycles. The molecule has 6 nitrogen and oxygen atoms in total. The third-order valence-electron chi connectivity index (χ3n) is 5.54. The number of rotatable bonds is 5. The summed E-state index contributed by atoms with van der Waals surface area (Å²) in [5.74, 6) is 0.493. The first-order chi connectivity index (χ1) is 15.5. The summed E-state index contributed by atoms with van der Waals surface area (Å²) in [6, 6.07) is 20.0. The molecule has 0 saturated carbocycles. The molecule has 2 amide bonds. The van der Waals surface area contributed by atoms with Gasteiger partial charge < -0.3 is 14.8 Å². The van der Waals surface area contributed by atoms with Gasteiger partial charge in [0.05, 0.1) is 12.1 Å². The van der Waals surface area contributed by atoms with Crippen LogP contribution in [0.4, 0.5) is 5.69 Å². The van der Waals surface area contributed by atoms with Crippen LogP contribution in [0.15, 0.2) is 72.4 Å². The van der Waals surface area contributed by atoms with E-state index < -0.39 is 5.91 Å². The van der Waals surface area contributed by atoms with E-state index in [2.05, 4.69) is 5.32 Å². The van der Waals surface area contributed by atoms with Crippen molar-refractivity contribution in [2.45, 2.75) is 13.5 Å². The summed E-state index contributed by atoms with van der Waals surface area (Å²) >= 11 is 6.26. The number of imide groups is 1. The van der Waals surface area contributed by atoms with Crippen LogP contribution in [0.3, 0.4) is 0 Å². The maximum atomic E-state index is 13.4. The predicted molar refractivity (Wildman–Crippen MR) is 121 cm³/mol. The SMILES string of the molecule is Cc1c(Cl)cccc1NC1=C(c2ccccc2)C(=O)N(Cc2ccc3c(c2)OCO3)C1=O. The third-order valence-corrected chi connectivity index (χ3v) is 5.94. The number of fused-ring (bicyclic) bond motifs is 1. The summed E-state index contributed by atoms with van der Waals surface area (Å²) < 4.78 is 10.8. The molecule has 7 heteroatoms. The molecule has 0 atom stereocenters. The van der Waals surface area contributed by atoms with Gasteiger partial charge in [-0.05, 0) is 47.9 Å². The summed E-state index contributed by atoms with van der Waals surface area (Å²) in [6.45, 7) is 2.14. The van der Waals surface area contributed by atoms with Crippen molar-refractivity contribution in [2.24, 2.45) is 0 Å². The number of hydrogen-bond acceptors (Lipinski definition) is 5. The van der Waals surface area contributed by atoms with E-state index >= 15 is 0 Å². The Morgan fingerprint density at radius 3 is 2.53 bits per heavy atom. The van der Waals surface area contributed by atoms with Crippen LogP contribution in [0.2, 0.25) is 5.02 Å². The zero-order chi connectivity index (χ0) is 22.2. The molecule has 0 saturated heterocycles. The molecule has 0 radical (unpaired) electrons. The lowest BCUT2D eigenvalue weighted by atomic mass is 10.0. The van der Waals surface area contributed by atoms with Crippen molar-refractivity contribution < 1.29 is 19.1 Å². The second-order valence-electron chi connectivity index (χ2n) is 7.54. The minimum absolute atomic E-state index is 0.115. The van der Waals surface area contributed by atoms with Crippen molar-refractivity contribution >= 4 is 34.7 Å². The zero-order valence-electron chi connectivity index (χ0n) is 17.2. The molecular formula is C25H19ClN2O4. The number of nitrogens with one attached hydrogen (secondary N) is 1. The Balaban J connectivity index is 1.52. The van der Waals surface area contributed by atoms with Gasteiger partial charge >= 0.3 is 0 Å². The van der Waals surface area contributed by atoms with Gasteiger partial charge in [0.15, 0.2) is 11.5 Å². The second kappa shape index (κ2) is 8.05. The first kappa shape index (κ1) is 20.2. The van der Waals surface area contributed by atoms with Crippen LogP contribution in [0.1, 0.15) is 16.7 Å². The Morgan fingerprint density at radius 1 is 0.938 bits per heavy atom. The van der Waals surface area contributed by atoms with Crippen LogP contribution in [0.5, 0.6) is 11.5 Å². The molecule has 0 spiro atoms. The Bertz CT molecular complexity index is 1270. The van der Waals surface area contributed by atoms with E-state index in [-0.39, 0.29) is 24.9 Å². The summed E-state index contributed by atoms with van der Waals surface area (Å²) in [5.41, 5.74) is 3.46. The predicted octanol–water partition coefficient (Wildman–Crippen LogP) is 4.77. The number of halogens is 1. The van der Waals surface area contributed by atoms with Crippen LogP contribution in [0.25, 0.3) is 5.57 Å². The molecule has 2 aliphatic rings. The summed E-state index contributed by atoms with van der Waals surface area (Å²) in [5, 5.41) is 3.75. The minimum atomic E-state index is -0.397. The molecule has 3 aromatic rings. The van der Waals surface area contributed by atoms with Gasteiger partial charge in [-0.1, -0.05) is 54.1 Å². The van der Waals surface area contributed by atoms with Crippen LogP contribution >= 0.6 is 11.6 Å². The number of carbonyl (C=O) groups excluding carboxylic acids is 2. The molecule has 160 valence electrons. The van der Waals surface area contributed by atoms with Crippen molar-refractivity contribution in [3.8, 4) is 11.5 Å². The third kappa shape index (κ3) is 3.48. The minimum Gasteiger partial charge on any atom is -0.454 e. The first-order valence-electron chi connectivity index (χ1n) is 10.1. The lowest BCUT2D eigenvalue weighted by molar-refractivity contribution is -0.137. The molecule has 2 aliphatic heterocycles. The van der Waals surface area contributed by atoms with Crippen molar-refractivity contribution in [1.82, 2.24) is 4.90 Å². The fraction of sp³-hybridized carbons (Fsp3) is 0.120. The van der Waals surface area contributed by atoms with Gasteiger partial charge in [0.25, 0.3) is 11.8 Å². The Hall–Kier alpha value is -3.77. The van der Waals surface area contributed by atoms with Crippen LogP contribution in [-0.2, 0) is 16.1 Å². The fourth-order valence-corrected chi connectivity index (χ4v) is 3.98. The fourth-order valence-electron chi connectivity index (χ4n) is 3.81. The van der Waals surface area contributed by atoms with Crippen LogP contribution < -0.4 is 14.8 Å². The lowest BCUT2D eigenvalue weighted by Gasteiger charge is -2.16. The van der Waals surface area contributed by atoms with Gasteiger partial charge in [-0.2, -0.15) is 0 Å². The van der Waals surface area contributed by atoms with Crippen LogP contribution in [-0.4, -0.2) is 23.5 Å². The quantitative estimate of drug-likeness (QED) is 0.572. The van der Waals surface area contributed by atoms with E-state index in [1.807, 2.05) is 49.4 Å². The largest absolute Gasteiger partial charge is 0.454 e. The number of nitrogens with zero attached hydrogens (tertiary/aromatic N) is 1. The number of carbonyl (C=O) groups is 2. The maximum Gasteiger partial charge on any atom is 0.278 e. The standard InChI is InChI=1S/C25H19ClN2O4/c1-15-18(26)8-5-9-19(15)27-23-22(17-6-3-2-4-7-17)24(29)28(25(23)30)13-16-10-11-20-21(12-16)32-14-31-20/h2-12,27H,13-14H2,1H3. The van der Waals surface area contributed by atoms with Gasteiger partial charge in [0.1, 0.15) is 5.70 Å². The molecular weight excluding hydrogens is 428 g/mol. The summed E-state index contributed by atoms with van der Waals surface area (Å²) in [7, 11) is 0. The summed E-state index contributed by atoms with van der Waals surface area (Å²) in [6.07, 6.45) is 0. The molecule has 5 rings (SSSR count). The van der Waals surface area contributed by atoms with E-state index in [9.17, 15) is 9.59 Å². The highest BCUT2D eigenvalue weighted by atomic mass is 35.5. The zero-order valence-corrected chi connectivity index (χ0v) is 18.0. The molecule has 2 heterocycles. The van der Waals surface area contributed by atoms with Crippen molar-refractivity contribution in [2.75, 3.05) is 12.1 Å². The average molecular weight is 447 g/mol. The molecule has 1 N–H and O–H groups in total. The van der Waals surface area contributed by atoms with Crippen molar-refractivity contribution in [3.05, 3.63) is 94.1 Å². The van der Waals surface area contributed by atoms with E-state index in [1.165, 1.54) is 4.90 Å². The second-order valence-corrected chi connectivity index (χ2v) is 7.94. The van der Waals surface area contributed by atoms with E-state index in [1.54, 1.807) is 24.3 Å². The monoisotopic (exact) mass is 446 g/mol. The highest BCUT2D eigenvalue weighted by Crippen LogP contribution is 2.36. The van der Waals surface area contributed by atoms with Crippen molar-refractivity contribution in [1.29, 1.82) is 0 Å². The molecule has 0 aromatic heterocycles. The summed E-state index contributed by atoms with van der Waals surface area (Å²) in [4.78, 5) is 28.1.